The SMILES string of the molecule is Cc1ccc(-c2nc(-c3ccc(C)cc3C)nc(-c3ccc(C)cc3C)n2)c(C)c1. The van der Waals surface area contributed by atoms with Gasteiger partial charge in [0.15, 0.2) is 17.5 Å². The third kappa shape index (κ3) is 3.88. The lowest BCUT2D eigenvalue weighted by Gasteiger charge is -2.13. The molecule has 3 nitrogen and oxygen atoms in total. The van der Waals surface area contributed by atoms with E-state index in [2.05, 4.69) is 96.1 Å². The van der Waals surface area contributed by atoms with Gasteiger partial charge in [-0.2, -0.15) is 0 Å². The van der Waals surface area contributed by atoms with Gasteiger partial charge in [0, 0.05) is 16.7 Å². The molecule has 0 fully saturated rings. The lowest BCUT2D eigenvalue weighted by molar-refractivity contribution is 1.06. The second-order valence-electron chi connectivity index (χ2n) is 8.26. The molecule has 0 spiro atoms. The Morgan fingerprint density at radius 2 is 0.667 bits per heavy atom. The Hall–Kier alpha value is -3.33. The summed E-state index contributed by atoms with van der Waals surface area (Å²) in [5, 5.41) is 0. The molecule has 0 amide bonds. The lowest BCUT2D eigenvalue weighted by atomic mass is 10.0. The summed E-state index contributed by atoms with van der Waals surface area (Å²) in [5.74, 6) is 2.15. The van der Waals surface area contributed by atoms with Crippen LogP contribution in [0.3, 0.4) is 0 Å². The molecule has 150 valence electrons. The van der Waals surface area contributed by atoms with Crippen LogP contribution in [0, 0.1) is 41.5 Å². The molecule has 0 aliphatic rings. The van der Waals surface area contributed by atoms with Gasteiger partial charge in [-0.05, 0) is 58.2 Å². The van der Waals surface area contributed by atoms with Gasteiger partial charge in [0.1, 0.15) is 0 Å². The van der Waals surface area contributed by atoms with Crippen molar-refractivity contribution in [3.8, 4) is 34.2 Å². The topological polar surface area (TPSA) is 38.7 Å². The Kier molecular flexibility index (Phi) is 5.21. The summed E-state index contributed by atoms with van der Waals surface area (Å²) in [7, 11) is 0. The van der Waals surface area contributed by atoms with Crippen LogP contribution in [0.5, 0.6) is 0 Å². The van der Waals surface area contributed by atoms with E-state index in [1.165, 1.54) is 33.4 Å². The fourth-order valence-electron chi connectivity index (χ4n) is 3.93. The van der Waals surface area contributed by atoms with E-state index in [0.717, 1.165) is 16.7 Å². The molecule has 30 heavy (non-hydrogen) atoms. The van der Waals surface area contributed by atoms with Crippen LogP contribution < -0.4 is 0 Å². The predicted octanol–water partition coefficient (Wildman–Crippen LogP) is 6.72. The zero-order chi connectivity index (χ0) is 21.4. The summed E-state index contributed by atoms with van der Waals surface area (Å²) < 4.78 is 0. The number of nitrogens with zero attached hydrogens (tertiary/aromatic N) is 3. The van der Waals surface area contributed by atoms with E-state index in [1.54, 1.807) is 0 Å². The minimum atomic E-state index is 0.715. The number of aromatic nitrogens is 3. The van der Waals surface area contributed by atoms with E-state index in [4.69, 9.17) is 15.0 Å². The van der Waals surface area contributed by atoms with E-state index < -0.39 is 0 Å². The highest BCUT2D eigenvalue weighted by atomic mass is 15.0. The minimum Gasteiger partial charge on any atom is -0.208 e. The molecular formula is C27H27N3. The average molecular weight is 394 g/mol. The van der Waals surface area contributed by atoms with E-state index in [-0.39, 0.29) is 0 Å². The summed E-state index contributed by atoms with van der Waals surface area (Å²) in [6, 6.07) is 19.2. The van der Waals surface area contributed by atoms with Crippen LogP contribution in [0.4, 0.5) is 0 Å². The van der Waals surface area contributed by atoms with Crippen molar-refractivity contribution in [3.63, 3.8) is 0 Å². The third-order valence-corrected chi connectivity index (χ3v) is 5.50. The fraction of sp³-hybridized carbons (Fsp3) is 0.222. The second kappa shape index (κ2) is 7.83. The molecule has 0 aliphatic heterocycles. The van der Waals surface area contributed by atoms with Gasteiger partial charge in [-0.3, -0.25) is 0 Å². The van der Waals surface area contributed by atoms with Crippen molar-refractivity contribution in [1.29, 1.82) is 0 Å². The van der Waals surface area contributed by atoms with Gasteiger partial charge in [-0.15, -0.1) is 0 Å². The van der Waals surface area contributed by atoms with Crippen LogP contribution >= 0.6 is 0 Å². The summed E-state index contributed by atoms with van der Waals surface area (Å²) in [6.07, 6.45) is 0. The lowest BCUT2D eigenvalue weighted by Crippen LogP contribution is -2.03. The Bertz CT molecular complexity index is 1090. The average Bonchev–Trinajstić information content (AvgIpc) is 2.67. The minimum absolute atomic E-state index is 0.715. The maximum Gasteiger partial charge on any atom is 0.164 e. The van der Waals surface area contributed by atoms with Crippen molar-refractivity contribution in [2.24, 2.45) is 0 Å². The van der Waals surface area contributed by atoms with Crippen LogP contribution in [-0.2, 0) is 0 Å². The highest BCUT2D eigenvalue weighted by Crippen LogP contribution is 2.29. The van der Waals surface area contributed by atoms with E-state index >= 15 is 0 Å². The monoisotopic (exact) mass is 393 g/mol. The van der Waals surface area contributed by atoms with Gasteiger partial charge < -0.3 is 0 Å². The Morgan fingerprint density at radius 3 is 0.900 bits per heavy atom. The number of benzene rings is 3. The normalized spacial score (nSPS) is 11.0. The van der Waals surface area contributed by atoms with Gasteiger partial charge in [0.2, 0.25) is 0 Å². The molecule has 3 aromatic carbocycles. The largest absolute Gasteiger partial charge is 0.208 e. The molecule has 0 saturated heterocycles. The first-order valence-electron chi connectivity index (χ1n) is 10.3. The zero-order valence-corrected chi connectivity index (χ0v) is 18.5. The summed E-state index contributed by atoms with van der Waals surface area (Å²) in [6.45, 7) is 12.6. The number of aryl methyl sites for hydroxylation is 6. The first kappa shape index (κ1) is 20.0. The molecule has 0 atom stereocenters. The number of rotatable bonds is 3. The molecular weight excluding hydrogens is 366 g/mol. The van der Waals surface area contributed by atoms with Crippen molar-refractivity contribution in [2.75, 3.05) is 0 Å². The molecule has 3 heteroatoms. The highest BCUT2D eigenvalue weighted by Gasteiger charge is 2.16. The molecule has 1 heterocycles. The van der Waals surface area contributed by atoms with Gasteiger partial charge in [-0.1, -0.05) is 71.3 Å². The standard InChI is InChI=1S/C27H27N3/c1-16-7-10-22(19(4)13-16)25-28-26(23-11-8-17(2)14-20(23)5)30-27(29-25)24-12-9-18(3)15-21(24)6/h7-15H,1-6H3. The Balaban J connectivity index is 1.98. The first-order valence-corrected chi connectivity index (χ1v) is 10.3. The van der Waals surface area contributed by atoms with Crippen molar-refractivity contribution in [1.82, 2.24) is 15.0 Å². The Morgan fingerprint density at radius 1 is 0.400 bits per heavy atom. The third-order valence-electron chi connectivity index (χ3n) is 5.50. The van der Waals surface area contributed by atoms with Gasteiger partial charge in [-0.25, -0.2) is 15.0 Å². The van der Waals surface area contributed by atoms with Crippen molar-refractivity contribution in [3.05, 3.63) is 88.0 Å². The molecule has 0 saturated carbocycles. The van der Waals surface area contributed by atoms with E-state index in [0.29, 0.717) is 17.5 Å². The predicted molar refractivity (Wildman–Crippen MR) is 125 cm³/mol. The molecule has 1 aromatic heterocycles. The summed E-state index contributed by atoms with van der Waals surface area (Å²) in [5.41, 5.74) is 10.3. The summed E-state index contributed by atoms with van der Waals surface area (Å²) >= 11 is 0. The molecule has 0 aliphatic carbocycles. The van der Waals surface area contributed by atoms with Gasteiger partial charge in [0.05, 0.1) is 0 Å². The number of hydrogen-bond donors (Lipinski definition) is 0. The molecule has 4 rings (SSSR count). The smallest absolute Gasteiger partial charge is 0.164 e. The van der Waals surface area contributed by atoms with Crippen LogP contribution in [0.15, 0.2) is 54.6 Å². The number of hydrogen-bond acceptors (Lipinski definition) is 3. The van der Waals surface area contributed by atoms with Gasteiger partial charge >= 0.3 is 0 Å². The van der Waals surface area contributed by atoms with E-state index in [1.807, 2.05) is 0 Å². The molecule has 0 N–H and O–H groups in total. The van der Waals surface area contributed by atoms with Crippen LogP contribution in [-0.4, -0.2) is 15.0 Å². The van der Waals surface area contributed by atoms with Crippen LogP contribution in [0.1, 0.15) is 33.4 Å². The zero-order valence-electron chi connectivity index (χ0n) is 18.5. The van der Waals surface area contributed by atoms with Crippen LogP contribution in [0.25, 0.3) is 34.2 Å². The highest BCUT2D eigenvalue weighted by molar-refractivity contribution is 5.70. The molecule has 0 bridgehead atoms. The van der Waals surface area contributed by atoms with Crippen molar-refractivity contribution in [2.45, 2.75) is 41.5 Å². The molecule has 0 radical (unpaired) electrons. The van der Waals surface area contributed by atoms with Crippen LogP contribution in [0.2, 0.25) is 0 Å². The maximum atomic E-state index is 4.91. The Labute approximate surface area is 178 Å². The van der Waals surface area contributed by atoms with E-state index in [9.17, 15) is 0 Å². The molecule has 0 unspecified atom stereocenters. The second-order valence-corrected chi connectivity index (χ2v) is 8.26. The molecule has 4 aromatic rings. The van der Waals surface area contributed by atoms with Gasteiger partial charge in [0.25, 0.3) is 0 Å². The quantitative estimate of drug-likeness (QED) is 0.388. The fourth-order valence-corrected chi connectivity index (χ4v) is 3.93. The maximum absolute atomic E-state index is 4.91. The van der Waals surface area contributed by atoms with Crippen molar-refractivity contribution < 1.29 is 0 Å². The van der Waals surface area contributed by atoms with Crippen molar-refractivity contribution >= 4 is 0 Å². The summed E-state index contributed by atoms with van der Waals surface area (Å²) in [4.78, 5) is 14.7. The first-order chi connectivity index (χ1) is 14.3.